The summed E-state index contributed by atoms with van der Waals surface area (Å²) in [5.41, 5.74) is 0.200. The van der Waals surface area contributed by atoms with Gasteiger partial charge in [0.2, 0.25) is 0 Å². The molecule has 0 aromatic heterocycles. The summed E-state index contributed by atoms with van der Waals surface area (Å²) in [6, 6.07) is 8.00. The molecule has 8 nitrogen and oxygen atoms in total. The quantitative estimate of drug-likeness (QED) is 0.403. The largest absolute Gasteiger partial charge is 0.508 e. The van der Waals surface area contributed by atoms with Crippen molar-refractivity contribution in [1.29, 1.82) is 0 Å². The van der Waals surface area contributed by atoms with Crippen LogP contribution in [0.5, 0.6) is 17.2 Å². The normalized spacial score (nSPS) is 14.2. The Morgan fingerprint density at radius 1 is 1.00 bits per heavy atom. The fraction of sp³-hybridized carbons (Fsp3) is 0.200. The highest BCUT2D eigenvalue weighted by Crippen LogP contribution is 2.46. The van der Waals surface area contributed by atoms with Crippen LogP contribution in [0.3, 0.4) is 0 Å². The molecule has 0 fully saturated rings. The second-order valence-electron chi connectivity index (χ2n) is 5.41. The van der Waals surface area contributed by atoms with E-state index in [1.54, 1.807) is 19.1 Å². The molecule has 24 heavy (non-hydrogen) atoms. The zero-order chi connectivity index (χ0) is 18.1. The average Bonchev–Trinajstić information content (AvgIpc) is 2.44. The van der Waals surface area contributed by atoms with E-state index in [0.29, 0.717) is 5.56 Å². The van der Waals surface area contributed by atoms with Gasteiger partial charge in [0.25, 0.3) is 0 Å². The smallest absolute Gasteiger partial charge is 0.427 e. The number of aromatic hydroxyl groups is 3. The molecule has 0 aliphatic carbocycles. The van der Waals surface area contributed by atoms with Gasteiger partial charge in [-0.25, -0.2) is 4.57 Å². The molecule has 0 aliphatic rings. The van der Waals surface area contributed by atoms with Crippen LogP contribution in [-0.4, -0.2) is 30.2 Å². The molecule has 2 aromatic carbocycles. The fourth-order valence-electron chi connectivity index (χ4n) is 2.39. The molecule has 0 bridgehead atoms. The van der Waals surface area contributed by atoms with E-state index in [1.807, 2.05) is 5.09 Å². The minimum absolute atomic E-state index is 0.0526. The molecule has 2 aromatic rings. The Bertz CT molecular complexity index is 772. The standard InChI is InChI=1S/C15H18NO7P/c1-8(9-2-4-10(17)5-3-9)15(20)14-12(16-24(21,22)23)6-11(18)7-13(14)19/h2-8,15,17-20H,1H3,(H3,16,21,22,23). The first kappa shape index (κ1) is 18.1. The van der Waals surface area contributed by atoms with Crippen molar-refractivity contribution in [3.63, 3.8) is 0 Å². The maximum atomic E-state index is 11.2. The summed E-state index contributed by atoms with van der Waals surface area (Å²) >= 11 is 0. The van der Waals surface area contributed by atoms with Crippen LogP contribution in [0.25, 0.3) is 0 Å². The van der Waals surface area contributed by atoms with Crippen molar-refractivity contribution in [2.75, 3.05) is 5.09 Å². The molecule has 2 unspecified atom stereocenters. The van der Waals surface area contributed by atoms with Crippen LogP contribution in [-0.2, 0) is 4.57 Å². The van der Waals surface area contributed by atoms with Crippen LogP contribution in [0, 0.1) is 0 Å². The Hall–Kier alpha value is -2.25. The Morgan fingerprint density at radius 2 is 1.58 bits per heavy atom. The van der Waals surface area contributed by atoms with E-state index in [4.69, 9.17) is 9.79 Å². The second kappa shape index (κ2) is 6.70. The van der Waals surface area contributed by atoms with Gasteiger partial charge in [-0.05, 0) is 17.7 Å². The van der Waals surface area contributed by atoms with Crippen molar-refractivity contribution in [1.82, 2.24) is 0 Å². The van der Waals surface area contributed by atoms with Crippen molar-refractivity contribution in [2.24, 2.45) is 0 Å². The van der Waals surface area contributed by atoms with Crippen molar-refractivity contribution in [2.45, 2.75) is 18.9 Å². The highest BCUT2D eigenvalue weighted by Gasteiger charge is 2.27. The monoisotopic (exact) mass is 355 g/mol. The molecule has 0 aliphatic heterocycles. The van der Waals surface area contributed by atoms with Gasteiger partial charge in [-0.1, -0.05) is 19.1 Å². The summed E-state index contributed by atoms with van der Waals surface area (Å²) in [6.45, 7) is 1.64. The van der Waals surface area contributed by atoms with Crippen molar-refractivity contribution in [3.05, 3.63) is 47.5 Å². The number of benzene rings is 2. The van der Waals surface area contributed by atoms with Gasteiger partial charge in [-0.3, -0.25) is 5.09 Å². The SMILES string of the molecule is CC(c1ccc(O)cc1)C(O)c1c(O)cc(O)cc1NP(=O)(O)O. The summed E-state index contributed by atoms with van der Waals surface area (Å²) in [5.74, 6) is -1.45. The van der Waals surface area contributed by atoms with Gasteiger partial charge in [0.15, 0.2) is 0 Å². The maximum Gasteiger partial charge on any atom is 0.427 e. The first-order valence-electron chi connectivity index (χ1n) is 6.95. The van der Waals surface area contributed by atoms with Crippen molar-refractivity contribution in [3.8, 4) is 17.2 Å². The third-order valence-corrected chi connectivity index (χ3v) is 4.13. The van der Waals surface area contributed by atoms with Crippen LogP contribution < -0.4 is 5.09 Å². The van der Waals surface area contributed by atoms with Crippen LogP contribution >= 0.6 is 7.75 Å². The fourth-order valence-corrected chi connectivity index (χ4v) is 2.89. The summed E-state index contributed by atoms with van der Waals surface area (Å²) in [7, 11) is -4.72. The number of nitrogens with one attached hydrogen (secondary N) is 1. The van der Waals surface area contributed by atoms with Gasteiger partial charge in [0.05, 0.1) is 11.8 Å². The number of hydrogen-bond acceptors (Lipinski definition) is 5. The van der Waals surface area contributed by atoms with E-state index in [2.05, 4.69) is 0 Å². The molecule has 2 rings (SSSR count). The second-order valence-corrected chi connectivity index (χ2v) is 6.72. The number of anilines is 1. The molecule has 7 N–H and O–H groups in total. The lowest BCUT2D eigenvalue weighted by Crippen LogP contribution is -2.11. The molecule has 0 saturated carbocycles. The maximum absolute atomic E-state index is 11.2. The summed E-state index contributed by atoms with van der Waals surface area (Å²) in [4.78, 5) is 18.1. The van der Waals surface area contributed by atoms with Gasteiger partial charge in [0, 0.05) is 23.6 Å². The molecule has 0 spiro atoms. The Kier molecular flexibility index (Phi) is 5.05. The van der Waals surface area contributed by atoms with E-state index < -0.39 is 31.3 Å². The highest BCUT2D eigenvalue weighted by atomic mass is 31.2. The lowest BCUT2D eigenvalue weighted by molar-refractivity contribution is 0.149. The minimum atomic E-state index is -4.72. The van der Waals surface area contributed by atoms with Crippen LogP contribution in [0.2, 0.25) is 0 Å². The molecule has 130 valence electrons. The predicted molar refractivity (Wildman–Crippen MR) is 86.9 cm³/mol. The van der Waals surface area contributed by atoms with Crippen LogP contribution in [0.15, 0.2) is 36.4 Å². The van der Waals surface area contributed by atoms with Gasteiger partial charge in [-0.15, -0.1) is 0 Å². The molecule has 0 amide bonds. The van der Waals surface area contributed by atoms with Crippen LogP contribution in [0.4, 0.5) is 5.69 Å². The van der Waals surface area contributed by atoms with E-state index >= 15 is 0 Å². The first-order chi connectivity index (χ1) is 11.1. The number of aliphatic hydroxyl groups is 1. The summed E-state index contributed by atoms with van der Waals surface area (Å²) < 4.78 is 11.2. The lowest BCUT2D eigenvalue weighted by atomic mass is 9.89. The van der Waals surface area contributed by atoms with Gasteiger partial charge < -0.3 is 30.2 Å². The van der Waals surface area contributed by atoms with Gasteiger partial charge in [0.1, 0.15) is 17.2 Å². The van der Waals surface area contributed by atoms with Crippen LogP contribution in [0.1, 0.15) is 30.1 Å². The Labute approximate surface area is 137 Å². The third-order valence-electron chi connectivity index (χ3n) is 3.60. The molecule has 0 heterocycles. The number of aliphatic hydroxyl groups excluding tert-OH is 1. The molecular weight excluding hydrogens is 337 g/mol. The lowest BCUT2D eigenvalue weighted by Gasteiger charge is -2.24. The Morgan fingerprint density at radius 3 is 2.12 bits per heavy atom. The van der Waals surface area contributed by atoms with Crippen molar-refractivity contribution >= 4 is 13.4 Å². The topological polar surface area (TPSA) is 150 Å². The molecule has 9 heteroatoms. The molecule has 0 saturated heterocycles. The minimum Gasteiger partial charge on any atom is -0.508 e. The average molecular weight is 355 g/mol. The Balaban J connectivity index is 2.45. The van der Waals surface area contributed by atoms with E-state index in [1.165, 1.54) is 12.1 Å². The van der Waals surface area contributed by atoms with E-state index in [9.17, 15) is 25.0 Å². The van der Waals surface area contributed by atoms with E-state index in [0.717, 1.165) is 12.1 Å². The summed E-state index contributed by atoms with van der Waals surface area (Å²) in [5, 5.41) is 41.3. The number of hydrogen-bond donors (Lipinski definition) is 7. The summed E-state index contributed by atoms with van der Waals surface area (Å²) in [6.07, 6.45) is -1.33. The number of phenolic OH excluding ortho intramolecular Hbond substituents is 3. The zero-order valence-electron chi connectivity index (χ0n) is 12.7. The molecular formula is C15H18NO7P. The van der Waals surface area contributed by atoms with Crippen molar-refractivity contribution < 1.29 is 34.8 Å². The van der Waals surface area contributed by atoms with E-state index in [-0.39, 0.29) is 17.0 Å². The predicted octanol–water partition coefficient (Wildman–Crippen LogP) is 2.15. The third kappa shape index (κ3) is 4.18. The molecule has 2 atom stereocenters. The van der Waals surface area contributed by atoms with Gasteiger partial charge in [-0.2, -0.15) is 0 Å². The first-order valence-corrected chi connectivity index (χ1v) is 8.56. The zero-order valence-corrected chi connectivity index (χ0v) is 13.6. The molecule has 0 radical (unpaired) electrons. The van der Waals surface area contributed by atoms with Gasteiger partial charge >= 0.3 is 7.75 Å². The highest BCUT2D eigenvalue weighted by molar-refractivity contribution is 7.53. The number of rotatable bonds is 5. The number of phenols is 3.